The molecule has 26 heavy (non-hydrogen) atoms. The lowest BCUT2D eigenvalue weighted by molar-refractivity contribution is 0.0608. The zero-order valence-electron chi connectivity index (χ0n) is 16.0. The second-order valence-electron chi connectivity index (χ2n) is 8.21. The molecule has 0 spiro atoms. The molecule has 1 aromatic carbocycles. The molecule has 1 fully saturated rings. The average molecular weight is 377 g/mol. The maximum atomic E-state index is 11.9. The molecule has 2 aromatic rings. The molecule has 0 unspecified atom stereocenters. The van der Waals surface area contributed by atoms with Crippen molar-refractivity contribution in [1.29, 1.82) is 0 Å². The number of hydrogen-bond acceptors (Lipinski definition) is 4. The van der Waals surface area contributed by atoms with Crippen LogP contribution in [-0.2, 0) is 26.5 Å². The molecule has 1 aliphatic rings. The number of sulfone groups is 1. The molecule has 1 aromatic heterocycles. The van der Waals surface area contributed by atoms with Gasteiger partial charge in [0.15, 0.2) is 9.84 Å². The molecule has 5 nitrogen and oxygen atoms in total. The summed E-state index contributed by atoms with van der Waals surface area (Å²) >= 11 is 0. The van der Waals surface area contributed by atoms with E-state index in [0.717, 1.165) is 49.7 Å². The summed E-state index contributed by atoms with van der Waals surface area (Å²) in [5.74, 6) is 1.62. The zero-order chi connectivity index (χ0) is 18.9. The topological polar surface area (TPSA) is 61.2 Å². The third-order valence-electron chi connectivity index (χ3n) is 4.80. The Morgan fingerprint density at radius 2 is 1.92 bits per heavy atom. The lowest BCUT2D eigenvalue weighted by Gasteiger charge is -2.25. The highest BCUT2D eigenvalue weighted by Gasteiger charge is 2.24. The molecule has 1 saturated heterocycles. The van der Waals surface area contributed by atoms with Crippen molar-refractivity contribution in [3.05, 3.63) is 36.3 Å². The van der Waals surface area contributed by atoms with Crippen LogP contribution >= 0.6 is 0 Å². The van der Waals surface area contributed by atoms with Gasteiger partial charge in [-0.15, -0.1) is 0 Å². The van der Waals surface area contributed by atoms with Crippen LogP contribution in [0.2, 0.25) is 0 Å². The van der Waals surface area contributed by atoms with Crippen LogP contribution in [0.25, 0.3) is 11.3 Å². The van der Waals surface area contributed by atoms with E-state index < -0.39 is 9.84 Å². The van der Waals surface area contributed by atoms with Gasteiger partial charge in [-0.1, -0.05) is 32.9 Å². The van der Waals surface area contributed by atoms with Crippen molar-refractivity contribution in [3.8, 4) is 11.3 Å². The van der Waals surface area contributed by atoms with Crippen LogP contribution in [0, 0.1) is 5.92 Å². The Bertz CT molecular complexity index is 873. The first-order valence-corrected chi connectivity index (χ1v) is 11.0. The molecule has 0 amide bonds. The van der Waals surface area contributed by atoms with Gasteiger partial charge in [-0.25, -0.2) is 13.4 Å². The van der Waals surface area contributed by atoms with Crippen LogP contribution in [0.15, 0.2) is 35.4 Å². The van der Waals surface area contributed by atoms with Crippen LogP contribution in [-0.4, -0.2) is 37.4 Å². The normalized spacial score (nSPS) is 16.8. The number of aromatic nitrogens is 2. The first kappa shape index (κ1) is 19.1. The molecular formula is C20H28N2O3S. The number of imidazole rings is 1. The van der Waals surface area contributed by atoms with Gasteiger partial charge in [0.1, 0.15) is 5.82 Å². The molecule has 0 radical (unpaired) electrons. The van der Waals surface area contributed by atoms with Gasteiger partial charge >= 0.3 is 0 Å². The van der Waals surface area contributed by atoms with Crippen molar-refractivity contribution in [1.82, 2.24) is 9.55 Å². The molecule has 0 N–H and O–H groups in total. The van der Waals surface area contributed by atoms with E-state index in [1.54, 1.807) is 18.2 Å². The second kappa shape index (κ2) is 7.16. The fraction of sp³-hybridized carbons (Fsp3) is 0.550. The molecule has 2 heterocycles. The van der Waals surface area contributed by atoms with Gasteiger partial charge in [0.2, 0.25) is 0 Å². The summed E-state index contributed by atoms with van der Waals surface area (Å²) in [6, 6.07) is 7.04. The van der Waals surface area contributed by atoms with E-state index >= 15 is 0 Å². The minimum Gasteiger partial charge on any atom is -0.381 e. The Hall–Kier alpha value is -1.66. The van der Waals surface area contributed by atoms with E-state index in [4.69, 9.17) is 9.72 Å². The first-order valence-electron chi connectivity index (χ1n) is 9.10. The Labute approximate surface area is 156 Å². The van der Waals surface area contributed by atoms with Crippen LogP contribution in [0.4, 0.5) is 0 Å². The van der Waals surface area contributed by atoms with Gasteiger partial charge in [-0.05, 0) is 30.9 Å². The van der Waals surface area contributed by atoms with E-state index in [1.165, 1.54) is 6.26 Å². The monoisotopic (exact) mass is 376 g/mol. The van der Waals surface area contributed by atoms with Crippen molar-refractivity contribution in [3.63, 3.8) is 0 Å². The van der Waals surface area contributed by atoms with Gasteiger partial charge in [0, 0.05) is 43.2 Å². The predicted molar refractivity (Wildman–Crippen MR) is 103 cm³/mol. The maximum Gasteiger partial charge on any atom is 0.175 e. The summed E-state index contributed by atoms with van der Waals surface area (Å²) in [6.07, 6.45) is 5.44. The number of ether oxygens (including phenoxy) is 1. The third kappa shape index (κ3) is 4.35. The lowest BCUT2D eigenvalue weighted by atomic mass is 9.94. The fourth-order valence-electron chi connectivity index (χ4n) is 3.39. The minimum atomic E-state index is -3.24. The van der Waals surface area contributed by atoms with Crippen molar-refractivity contribution in [2.24, 2.45) is 5.92 Å². The summed E-state index contributed by atoms with van der Waals surface area (Å²) in [6.45, 7) is 9.06. The maximum absolute atomic E-state index is 11.9. The molecular weight excluding hydrogens is 348 g/mol. The summed E-state index contributed by atoms with van der Waals surface area (Å²) in [4.78, 5) is 5.20. The summed E-state index contributed by atoms with van der Waals surface area (Å²) in [5, 5.41) is 0. The van der Waals surface area contributed by atoms with E-state index in [9.17, 15) is 8.42 Å². The molecule has 0 atom stereocenters. The van der Waals surface area contributed by atoms with Crippen LogP contribution in [0.1, 0.15) is 39.4 Å². The van der Waals surface area contributed by atoms with Gasteiger partial charge in [-0.3, -0.25) is 0 Å². The van der Waals surface area contributed by atoms with Crippen LogP contribution < -0.4 is 0 Å². The summed E-state index contributed by atoms with van der Waals surface area (Å²) in [5.41, 5.74) is 1.58. The average Bonchev–Trinajstić information content (AvgIpc) is 2.99. The smallest absolute Gasteiger partial charge is 0.175 e. The minimum absolute atomic E-state index is 0.0855. The van der Waals surface area contributed by atoms with Crippen molar-refractivity contribution in [2.75, 3.05) is 19.5 Å². The van der Waals surface area contributed by atoms with Crippen molar-refractivity contribution in [2.45, 2.75) is 50.5 Å². The molecule has 142 valence electrons. The van der Waals surface area contributed by atoms with Crippen molar-refractivity contribution < 1.29 is 13.2 Å². The predicted octanol–water partition coefficient (Wildman–Crippen LogP) is 3.68. The number of benzene rings is 1. The van der Waals surface area contributed by atoms with Gasteiger partial charge in [-0.2, -0.15) is 0 Å². The molecule has 3 rings (SSSR count). The molecule has 6 heteroatoms. The lowest BCUT2D eigenvalue weighted by Crippen LogP contribution is -2.24. The number of hydrogen-bond donors (Lipinski definition) is 0. The Morgan fingerprint density at radius 1 is 1.23 bits per heavy atom. The molecule has 0 bridgehead atoms. The zero-order valence-corrected chi connectivity index (χ0v) is 16.8. The number of nitrogens with zero attached hydrogens (tertiary/aromatic N) is 2. The van der Waals surface area contributed by atoms with Crippen molar-refractivity contribution >= 4 is 9.84 Å². The highest BCUT2D eigenvalue weighted by atomic mass is 32.2. The summed E-state index contributed by atoms with van der Waals surface area (Å²) < 4.78 is 31.5. The SMILES string of the molecule is CC(C)(C)c1nc(-c2cccc(S(C)(=O)=O)c2)cn1CC1CCOCC1. The van der Waals surface area contributed by atoms with Gasteiger partial charge < -0.3 is 9.30 Å². The Balaban J connectivity index is 1.98. The van der Waals surface area contributed by atoms with E-state index in [-0.39, 0.29) is 5.41 Å². The summed E-state index contributed by atoms with van der Waals surface area (Å²) in [7, 11) is -3.24. The van der Waals surface area contributed by atoms with E-state index in [1.807, 2.05) is 6.07 Å². The molecule has 0 aliphatic carbocycles. The Morgan fingerprint density at radius 3 is 2.54 bits per heavy atom. The van der Waals surface area contributed by atoms with E-state index in [0.29, 0.717) is 10.8 Å². The quantitative estimate of drug-likeness (QED) is 0.817. The third-order valence-corrected chi connectivity index (χ3v) is 5.91. The first-order chi connectivity index (χ1) is 12.1. The highest BCUT2D eigenvalue weighted by Crippen LogP contribution is 2.29. The Kier molecular flexibility index (Phi) is 5.26. The van der Waals surface area contributed by atoms with Gasteiger partial charge in [0.05, 0.1) is 10.6 Å². The fourth-order valence-corrected chi connectivity index (χ4v) is 4.05. The number of rotatable bonds is 4. The standard InChI is InChI=1S/C20H28N2O3S/c1-20(2,3)19-21-18(14-22(19)13-15-8-10-25-11-9-15)16-6-5-7-17(12-16)26(4,23)24/h5-7,12,14-15H,8-11,13H2,1-4H3. The highest BCUT2D eigenvalue weighted by molar-refractivity contribution is 7.90. The molecule has 0 saturated carbocycles. The van der Waals surface area contributed by atoms with E-state index in [2.05, 4.69) is 31.5 Å². The van der Waals surface area contributed by atoms with Gasteiger partial charge in [0.25, 0.3) is 0 Å². The second-order valence-corrected chi connectivity index (χ2v) is 10.2. The largest absolute Gasteiger partial charge is 0.381 e. The van der Waals surface area contributed by atoms with Crippen LogP contribution in [0.3, 0.4) is 0 Å². The van der Waals surface area contributed by atoms with Crippen LogP contribution in [0.5, 0.6) is 0 Å². The molecule has 1 aliphatic heterocycles.